The number of ether oxygens (including phenoxy) is 4. The van der Waals surface area contributed by atoms with Gasteiger partial charge in [0.05, 0.1) is 6.10 Å². The number of carbonyl (C=O) groups is 2. The lowest BCUT2D eigenvalue weighted by atomic mass is 9.82. The highest BCUT2D eigenvalue weighted by atomic mass is 16.8. The summed E-state index contributed by atoms with van der Waals surface area (Å²) in [5.41, 5.74) is 0. The fourth-order valence-corrected chi connectivity index (χ4v) is 2.65. The lowest BCUT2D eigenvalue weighted by Gasteiger charge is -2.35. The quantitative estimate of drug-likeness (QED) is 0.710. The van der Waals surface area contributed by atoms with E-state index in [-0.39, 0.29) is 36.8 Å². The Hall–Kier alpha value is -1.30. The highest BCUT2D eigenvalue weighted by Gasteiger charge is 2.40. The van der Waals surface area contributed by atoms with Crippen LogP contribution >= 0.6 is 0 Å². The van der Waals surface area contributed by atoms with Crippen LogP contribution < -0.4 is 0 Å². The van der Waals surface area contributed by atoms with Crippen molar-refractivity contribution in [2.75, 3.05) is 13.7 Å². The molecule has 2 fully saturated rings. The van der Waals surface area contributed by atoms with Gasteiger partial charge in [0.1, 0.15) is 18.8 Å². The van der Waals surface area contributed by atoms with Crippen LogP contribution in [0.25, 0.3) is 0 Å². The van der Waals surface area contributed by atoms with Crippen molar-refractivity contribution >= 4 is 12.1 Å². The molecule has 4 atom stereocenters. The third-order valence-electron chi connectivity index (χ3n) is 3.53. The van der Waals surface area contributed by atoms with E-state index in [1.54, 1.807) is 7.11 Å². The van der Waals surface area contributed by atoms with Crippen LogP contribution in [0.3, 0.4) is 0 Å². The van der Waals surface area contributed by atoms with Crippen molar-refractivity contribution in [3.05, 3.63) is 0 Å². The van der Waals surface area contributed by atoms with Crippen molar-refractivity contribution in [1.82, 2.24) is 0 Å². The molecular weight excluding hydrogens is 240 g/mol. The van der Waals surface area contributed by atoms with Crippen molar-refractivity contribution in [2.24, 2.45) is 5.92 Å². The molecule has 0 radical (unpaired) electrons. The first-order valence-electron chi connectivity index (χ1n) is 6.13. The van der Waals surface area contributed by atoms with Crippen LogP contribution in [0.5, 0.6) is 0 Å². The zero-order valence-electron chi connectivity index (χ0n) is 10.6. The van der Waals surface area contributed by atoms with Gasteiger partial charge in [0.15, 0.2) is 0 Å². The standard InChI is InChI=1S/C12H18O6/c1-7(13)17-10-5-8(3-4-9(10)15-2)11-6-16-12(14)18-11/h8-11H,3-6H2,1-2H3. The molecule has 1 aliphatic heterocycles. The third kappa shape index (κ3) is 2.93. The number of hydrogen-bond donors (Lipinski definition) is 0. The summed E-state index contributed by atoms with van der Waals surface area (Å²) in [6.45, 7) is 1.67. The Bertz CT molecular complexity index is 329. The van der Waals surface area contributed by atoms with Gasteiger partial charge in [-0.2, -0.15) is 0 Å². The normalized spacial score (nSPS) is 35.8. The van der Waals surface area contributed by atoms with Crippen LogP contribution in [0.15, 0.2) is 0 Å². The number of hydrogen-bond acceptors (Lipinski definition) is 6. The maximum Gasteiger partial charge on any atom is 0.508 e. The minimum Gasteiger partial charge on any atom is -0.460 e. The minimum atomic E-state index is -0.613. The number of esters is 1. The molecule has 1 aliphatic carbocycles. The second kappa shape index (κ2) is 5.56. The first-order valence-corrected chi connectivity index (χ1v) is 6.13. The highest BCUT2D eigenvalue weighted by Crippen LogP contribution is 2.33. The summed E-state index contributed by atoms with van der Waals surface area (Å²) in [4.78, 5) is 22.0. The second-order valence-corrected chi connectivity index (χ2v) is 4.71. The van der Waals surface area contributed by atoms with Gasteiger partial charge >= 0.3 is 12.1 Å². The van der Waals surface area contributed by atoms with E-state index in [9.17, 15) is 9.59 Å². The summed E-state index contributed by atoms with van der Waals surface area (Å²) in [6, 6.07) is 0. The van der Waals surface area contributed by atoms with Gasteiger partial charge in [-0.25, -0.2) is 4.79 Å². The van der Waals surface area contributed by atoms with Gasteiger partial charge in [-0.15, -0.1) is 0 Å². The van der Waals surface area contributed by atoms with Crippen molar-refractivity contribution in [2.45, 2.75) is 44.5 Å². The molecule has 4 unspecified atom stereocenters. The first kappa shape index (κ1) is 13.1. The molecule has 0 bridgehead atoms. The smallest absolute Gasteiger partial charge is 0.460 e. The Kier molecular flexibility index (Phi) is 4.06. The predicted octanol–water partition coefficient (Wildman–Crippen LogP) is 1.27. The molecule has 0 amide bonds. The Balaban J connectivity index is 1.95. The lowest BCUT2D eigenvalue weighted by molar-refractivity contribution is -0.159. The molecule has 18 heavy (non-hydrogen) atoms. The number of carbonyl (C=O) groups excluding carboxylic acids is 2. The average molecular weight is 258 g/mol. The third-order valence-corrected chi connectivity index (χ3v) is 3.53. The van der Waals surface area contributed by atoms with E-state index < -0.39 is 6.16 Å². The van der Waals surface area contributed by atoms with Crippen molar-refractivity contribution in [3.8, 4) is 0 Å². The van der Waals surface area contributed by atoms with E-state index in [1.807, 2.05) is 0 Å². The van der Waals surface area contributed by atoms with Crippen LogP contribution in [0.4, 0.5) is 4.79 Å². The molecule has 0 aromatic heterocycles. The Morgan fingerprint density at radius 2 is 2.11 bits per heavy atom. The Morgan fingerprint density at radius 3 is 2.67 bits per heavy atom. The topological polar surface area (TPSA) is 71.1 Å². The monoisotopic (exact) mass is 258 g/mol. The van der Waals surface area contributed by atoms with Crippen LogP contribution in [-0.2, 0) is 23.7 Å². The molecule has 1 saturated carbocycles. The summed E-state index contributed by atoms with van der Waals surface area (Å²) in [6.07, 6.45) is 1.10. The fraction of sp³-hybridized carbons (Fsp3) is 0.833. The predicted molar refractivity (Wildman–Crippen MR) is 59.9 cm³/mol. The summed E-state index contributed by atoms with van der Waals surface area (Å²) >= 11 is 0. The number of cyclic esters (lactones) is 2. The zero-order chi connectivity index (χ0) is 13.1. The first-order chi connectivity index (χ1) is 8.60. The van der Waals surface area contributed by atoms with Gasteiger partial charge in [0, 0.05) is 20.0 Å². The van der Waals surface area contributed by atoms with E-state index in [4.69, 9.17) is 18.9 Å². The van der Waals surface area contributed by atoms with Crippen molar-refractivity contribution in [3.63, 3.8) is 0 Å². The molecule has 6 nitrogen and oxygen atoms in total. The molecule has 0 aromatic rings. The fourth-order valence-electron chi connectivity index (χ4n) is 2.65. The van der Waals surface area contributed by atoms with Crippen LogP contribution in [0, 0.1) is 5.92 Å². The van der Waals surface area contributed by atoms with E-state index in [1.165, 1.54) is 6.92 Å². The molecular formula is C12H18O6. The van der Waals surface area contributed by atoms with Gasteiger partial charge in [-0.3, -0.25) is 4.79 Å². The molecule has 0 N–H and O–H groups in total. The molecule has 102 valence electrons. The molecule has 2 aliphatic rings. The maximum atomic E-state index is 11.1. The van der Waals surface area contributed by atoms with Crippen molar-refractivity contribution < 1.29 is 28.5 Å². The van der Waals surface area contributed by atoms with E-state index in [0.717, 1.165) is 12.8 Å². The maximum absolute atomic E-state index is 11.1. The molecule has 0 aromatic carbocycles. The van der Waals surface area contributed by atoms with Gasteiger partial charge in [-0.1, -0.05) is 0 Å². The summed E-state index contributed by atoms with van der Waals surface area (Å²) in [7, 11) is 1.61. The Labute approximate surface area is 106 Å². The van der Waals surface area contributed by atoms with Gasteiger partial charge in [0.2, 0.25) is 0 Å². The SMILES string of the molecule is COC1CCC(C2COC(=O)O2)CC1OC(C)=O. The zero-order valence-corrected chi connectivity index (χ0v) is 10.6. The van der Waals surface area contributed by atoms with E-state index >= 15 is 0 Å². The van der Waals surface area contributed by atoms with Gasteiger partial charge in [0.25, 0.3) is 0 Å². The largest absolute Gasteiger partial charge is 0.508 e. The summed E-state index contributed by atoms with van der Waals surface area (Å²) in [5.74, 6) is -0.158. The van der Waals surface area contributed by atoms with Crippen LogP contribution in [-0.4, -0.2) is 44.2 Å². The lowest BCUT2D eigenvalue weighted by Crippen LogP contribution is -2.42. The second-order valence-electron chi connectivity index (χ2n) is 4.71. The van der Waals surface area contributed by atoms with Crippen molar-refractivity contribution in [1.29, 1.82) is 0 Å². The molecule has 0 spiro atoms. The highest BCUT2D eigenvalue weighted by molar-refractivity contribution is 5.66. The number of methoxy groups -OCH3 is 1. The summed E-state index contributed by atoms with van der Waals surface area (Å²) in [5, 5.41) is 0. The van der Waals surface area contributed by atoms with Gasteiger partial charge in [-0.05, 0) is 19.3 Å². The summed E-state index contributed by atoms with van der Waals surface area (Å²) < 4.78 is 20.5. The van der Waals surface area contributed by atoms with E-state index in [2.05, 4.69) is 0 Å². The molecule has 6 heteroatoms. The average Bonchev–Trinajstić information content (AvgIpc) is 2.75. The van der Waals surface area contributed by atoms with Gasteiger partial charge < -0.3 is 18.9 Å². The minimum absolute atomic E-state index is 0.0804. The molecule has 1 saturated heterocycles. The van der Waals surface area contributed by atoms with Crippen LogP contribution in [0.1, 0.15) is 26.2 Å². The van der Waals surface area contributed by atoms with Crippen LogP contribution in [0.2, 0.25) is 0 Å². The molecule has 2 rings (SSSR count). The Morgan fingerprint density at radius 1 is 1.33 bits per heavy atom. The number of rotatable bonds is 3. The molecule has 1 heterocycles. The van der Waals surface area contributed by atoms with E-state index in [0.29, 0.717) is 6.42 Å².